The highest BCUT2D eigenvalue weighted by Gasteiger charge is 2.50. The van der Waals surface area contributed by atoms with Crippen LogP contribution in [0.3, 0.4) is 0 Å². The van der Waals surface area contributed by atoms with E-state index in [1.807, 2.05) is 40.9 Å². The van der Waals surface area contributed by atoms with Gasteiger partial charge in [0, 0.05) is 43.7 Å². The van der Waals surface area contributed by atoms with E-state index in [4.69, 9.17) is 0 Å². The monoisotopic (exact) mass is 380 g/mol. The van der Waals surface area contributed by atoms with Crippen molar-refractivity contribution in [2.24, 2.45) is 5.92 Å². The second-order valence-corrected chi connectivity index (χ2v) is 7.50. The van der Waals surface area contributed by atoms with Gasteiger partial charge < -0.3 is 19.9 Å². The molecule has 0 amide bonds. The van der Waals surface area contributed by atoms with Crippen LogP contribution < -0.4 is 10.2 Å². The van der Waals surface area contributed by atoms with Crippen molar-refractivity contribution in [3.05, 3.63) is 49.1 Å². The Morgan fingerprint density at radius 1 is 1.25 bits per heavy atom. The summed E-state index contributed by atoms with van der Waals surface area (Å²) < 4.78 is 16.4. The Kier molecular flexibility index (Phi) is 4.01. The largest absolute Gasteiger partial charge is 0.507 e. The molecule has 7 nitrogen and oxygen atoms in total. The van der Waals surface area contributed by atoms with Crippen molar-refractivity contribution in [2.75, 3.05) is 18.5 Å². The molecule has 0 radical (unpaired) electrons. The van der Waals surface area contributed by atoms with E-state index in [9.17, 15) is 9.50 Å². The zero-order chi connectivity index (χ0) is 19.3. The molecule has 1 saturated heterocycles. The Bertz CT molecular complexity index is 975. The molecule has 1 aliphatic carbocycles. The first-order chi connectivity index (χ1) is 13.6. The smallest absolute Gasteiger partial charge is 0.151 e. The zero-order valence-corrected chi connectivity index (χ0v) is 15.4. The molecule has 2 bridgehead atoms. The van der Waals surface area contributed by atoms with E-state index in [1.165, 1.54) is 0 Å². The minimum Gasteiger partial charge on any atom is -0.507 e. The molecule has 0 spiro atoms. The van der Waals surface area contributed by atoms with Crippen LogP contribution in [0.15, 0.2) is 49.1 Å². The van der Waals surface area contributed by atoms with Crippen molar-refractivity contribution in [1.29, 1.82) is 0 Å². The molecule has 144 valence electrons. The third kappa shape index (κ3) is 2.72. The molecule has 2 fully saturated rings. The number of phenols is 1. The predicted octanol–water partition coefficient (Wildman–Crippen LogP) is 2.17. The van der Waals surface area contributed by atoms with Crippen LogP contribution in [0.25, 0.3) is 16.9 Å². The Balaban J connectivity index is 1.38. The van der Waals surface area contributed by atoms with Gasteiger partial charge in [-0.25, -0.2) is 9.37 Å². The van der Waals surface area contributed by atoms with Gasteiger partial charge in [0.1, 0.15) is 11.9 Å². The highest BCUT2D eigenvalue weighted by atomic mass is 19.1. The quantitative estimate of drug-likeness (QED) is 0.722. The minimum atomic E-state index is -0.898. The van der Waals surface area contributed by atoms with E-state index in [-0.39, 0.29) is 17.8 Å². The van der Waals surface area contributed by atoms with E-state index in [0.29, 0.717) is 23.0 Å². The number of imidazole rings is 1. The van der Waals surface area contributed by atoms with Crippen molar-refractivity contribution < 1.29 is 9.50 Å². The van der Waals surface area contributed by atoms with Gasteiger partial charge in [0.2, 0.25) is 0 Å². The fourth-order valence-electron chi connectivity index (χ4n) is 4.45. The lowest BCUT2D eigenvalue weighted by Crippen LogP contribution is -2.51. The number of hydrogen-bond donors (Lipinski definition) is 2. The van der Waals surface area contributed by atoms with Gasteiger partial charge in [-0.2, -0.15) is 0 Å². The topological polar surface area (TPSA) is 79.1 Å². The molecule has 1 aliphatic heterocycles. The fourth-order valence-corrected chi connectivity index (χ4v) is 4.45. The van der Waals surface area contributed by atoms with E-state index in [1.54, 1.807) is 24.7 Å². The number of fused-ring (bicyclic) bond motifs is 2. The molecule has 8 heteroatoms. The van der Waals surface area contributed by atoms with Crippen molar-refractivity contribution in [2.45, 2.75) is 24.7 Å². The summed E-state index contributed by atoms with van der Waals surface area (Å²) in [4.78, 5) is 5.91. The Hall–Kier alpha value is -3.00. The zero-order valence-electron chi connectivity index (χ0n) is 15.4. The van der Waals surface area contributed by atoms with Gasteiger partial charge in [0.25, 0.3) is 0 Å². The van der Waals surface area contributed by atoms with Crippen LogP contribution >= 0.6 is 0 Å². The average Bonchev–Trinajstić information content (AvgIpc) is 3.45. The first kappa shape index (κ1) is 17.1. The number of benzene rings is 1. The van der Waals surface area contributed by atoms with Gasteiger partial charge in [-0.3, -0.25) is 0 Å². The number of alkyl halides is 1. The molecule has 1 aromatic carbocycles. The molecule has 3 heterocycles. The van der Waals surface area contributed by atoms with Crippen LogP contribution in [0.5, 0.6) is 5.75 Å². The van der Waals surface area contributed by atoms with Gasteiger partial charge in [-0.15, -0.1) is 10.2 Å². The van der Waals surface area contributed by atoms with Crippen LogP contribution in [0, 0.1) is 5.92 Å². The second kappa shape index (κ2) is 6.56. The van der Waals surface area contributed by atoms with E-state index >= 15 is 0 Å². The third-order valence-corrected chi connectivity index (χ3v) is 5.91. The Morgan fingerprint density at radius 2 is 2.14 bits per heavy atom. The number of piperidine rings is 1. The highest BCUT2D eigenvalue weighted by molar-refractivity contribution is 5.69. The predicted molar refractivity (Wildman–Crippen MR) is 103 cm³/mol. The number of phenolic OH excluding ortho intramolecular Hbond substituents is 1. The number of aromatic hydroxyl groups is 1. The number of aromatic nitrogens is 4. The standard InChI is InChI=1S/C20H21FN6O/c1-26(20-12-8-16(19(20)21)23-10-12)18-5-4-15(24-25-18)14-3-2-13(9-17(14)28)27-7-6-22-11-27/h2-7,9,11-12,16,19-20,23,28H,8,10H2,1H3/t12-,16-,19-,20-/m0/s1. The Labute approximate surface area is 161 Å². The summed E-state index contributed by atoms with van der Waals surface area (Å²) >= 11 is 0. The summed E-state index contributed by atoms with van der Waals surface area (Å²) in [6.45, 7) is 0.850. The third-order valence-electron chi connectivity index (χ3n) is 5.91. The van der Waals surface area contributed by atoms with Gasteiger partial charge in [-0.05, 0) is 36.6 Å². The summed E-state index contributed by atoms with van der Waals surface area (Å²) in [6, 6.07) is 8.77. The molecule has 28 heavy (non-hydrogen) atoms. The number of nitrogens with one attached hydrogen (secondary N) is 1. The molecule has 4 atom stereocenters. The van der Waals surface area contributed by atoms with Gasteiger partial charge in [-0.1, -0.05) is 0 Å². The summed E-state index contributed by atoms with van der Waals surface area (Å²) in [6.07, 6.45) is 5.13. The number of anilines is 1. The molecule has 5 rings (SSSR count). The average molecular weight is 380 g/mol. The lowest BCUT2D eigenvalue weighted by molar-refractivity contribution is 0.220. The molecular formula is C20H21FN6O. The maximum absolute atomic E-state index is 14.6. The van der Waals surface area contributed by atoms with Crippen LogP contribution in [0.4, 0.5) is 10.2 Å². The van der Waals surface area contributed by atoms with Gasteiger partial charge in [0.05, 0.1) is 23.8 Å². The SMILES string of the molecule is CN(c1ccc(-c2ccc(-n3ccnc3)cc2O)nn1)[C@H]1[C@@H]2CN[C@@H](C2)[C@@H]1F. The highest BCUT2D eigenvalue weighted by Crippen LogP contribution is 2.38. The molecule has 2 aromatic heterocycles. The van der Waals surface area contributed by atoms with Crippen LogP contribution in [-0.4, -0.2) is 56.7 Å². The first-order valence-electron chi connectivity index (χ1n) is 9.37. The lowest BCUT2D eigenvalue weighted by Gasteiger charge is -2.34. The molecule has 0 unspecified atom stereocenters. The number of nitrogens with zero attached hydrogens (tertiary/aromatic N) is 5. The summed E-state index contributed by atoms with van der Waals surface area (Å²) in [5.41, 5.74) is 1.97. The van der Waals surface area contributed by atoms with Crippen LogP contribution in [-0.2, 0) is 0 Å². The van der Waals surface area contributed by atoms with Crippen LogP contribution in [0.1, 0.15) is 6.42 Å². The molecule has 2 aliphatic rings. The van der Waals surface area contributed by atoms with E-state index in [0.717, 1.165) is 18.7 Å². The summed E-state index contributed by atoms with van der Waals surface area (Å²) in [7, 11) is 1.87. The van der Waals surface area contributed by atoms with Crippen LogP contribution in [0.2, 0.25) is 0 Å². The number of hydrogen-bond acceptors (Lipinski definition) is 6. The van der Waals surface area contributed by atoms with Gasteiger partial charge >= 0.3 is 0 Å². The molecule has 2 N–H and O–H groups in total. The van der Waals surface area contributed by atoms with Gasteiger partial charge in [0.15, 0.2) is 5.82 Å². The number of halogens is 1. The normalized spacial score (nSPS) is 25.9. The van der Waals surface area contributed by atoms with Crippen molar-refractivity contribution in [1.82, 2.24) is 25.1 Å². The number of rotatable bonds is 4. The second-order valence-electron chi connectivity index (χ2n) is 7.50. The Morgan fingerprint density at radius 3 is 2.79 bits per heavy atom. The summed E-state index contributed by atoms with van der Waals surface area (Å²) in [5, 5.41) is 22.2. The maximum Gasteiger partial charge on any atom is 0.151 e. The minimum absolute atomic E-state index is 0.0457. The molecule has 1 saturated carbocycles. The molecular weight excluding hydrogens is 359 g/mol. The fraction of sp³-hybridized carbons (Fsp3) is 0.350. The van der Waals surface area contributed by atoms with E-state index in [2.05, 4.69) is 20.5 Å². The maximum atomic E-state index is 14.6. The lowest BCUT2D eigenvalue weighted by atomic mass is 10.0. The van der Waals surface area contributed by atoms with Crippen molar-refractivity contribution in [3.8, 4) is 22.7 Å². The summed E-state index contributed by atoms with van der Waals surface area (Å²) in [5.74, 6) is 1.05. The molecule has 3 aromatic rings. The van der Waals surface area contributed by atoms with Crippen molar-refractivity contribution in [3.63, 3.8) is 0 Å². The first-order valence-corrected chi connectivity index (χ1v) is 9.37. The van der Waals surface area contributed by atoms with E-state index < -0.39 is 6.17 Å². The van der Waals surface area contributed by atoms with Crippen molar-refractivity contribution >= 4 is 5.82 Å².